The molecule has 3 heterocycles. The number of nitrogens with zero attached hydrogens (tertiary/aromatic N) is 4. The molecule has 2 amide bonds. The number of rotatable bonds is 7. The van der Waals surface area contributed by atoms with Crippen LogP contribution in [0.1, 0.15) is 51.2 Å². The predicted molar refractivity (Wildman–Crippen MR) is 136 cm³/mol. The largest absolute Gasteiger partial charge is 0.348 e. The number of likely N-dealkylation sites (tertiary alicyclic amines) is 1. The van der Waals surface area contributed by atoms with Crippen LogP contribution in [-0.4, -0.2) is 77.8 Å². The lowest BCUT2D eigenvalue weighted by molar-refractivity contribution is 0.0694. The molecule has 10 nitrogen and oxygen atoms in total. The minimum atomic E-state index is -3.42. The summed E-state index contributed by atoms with van der Waals surface area (Å²) in [7, 11) is -1.52. The molecule has 1 saturated heterocycles. The van der Waals surface area contributed by atoms with Gasteiger partial charge in [0.1, 0.15) is 23.1 Å². The van der Waals surface area contributed by atoms with E-state index < -0.39 is 43.0 Å². The van der Waals surface area contributed by atoms with E-state index in [1.54, 1.807) is 6.07 Å². The average Bonchev–Trinajstić information content (AvgIpc) is 3.56. The monoisotopic (exact) mass is 541 g/mol. The lowest BCUT2D eigenvalue weighted by Gasteiger charge is -2.33. The highest BCUT2D eigenvalue weighted by molar-refractivity contribution is 7.93. The first-order valence-corrected chi connectivity index (χ1v) is 14.0. The summed E-state index contributed by atoms with van der Waals surface area (Å²) in [5.74, 6) is -1.81. The molecule has 3 aliphatic rings. The molecule has 1 saturated carbocycles. The van der Waals surface area contributed by atoms with Gasteiger partial charge < -0.3 is 19.7 Å². The summed E-state index contributed by atoms with van der Waals surface area (Å²) in [4.78, 5) is 42.5. The zero-order valence-electron chi connectivity index (χ0n) is 20.9. The summed E-state index contributed by atoms with van der Waals surface area (Å²) in [6.45, 7) is 1.60. The summed E-state index contributed by atoms with van der Waals surface area (Å²) >= 11 is 0. The van der Waals surface area contributed by atoms with E-state index >= 15 is 0 Å². The maximum atomic E-state index is 13.8. The van der Waals surface area contributed by atoms with Crippen molar-refractivity contribution in [2.24, 2.45) is 0 Å². The van der Waals surface area contributed by atoms with Gasteiger partial charge in [0.2, 0.25) is 0 Å². The third kappa shape index (κ3) is 4.50. The molecule has 2 aliphatic heterocycles. The number of nitriles is 1. The van der Waals surface area contributed by atoms with Gasteiger partial charge in [0.05, 0.1) is 15.6 Å². The highest BCUT2D eigenvalue weighted by Gasteiger charge is 2.58. The summed E-state index contributed by atoms with van der Waals surface area (Å²) < 4.78 is 40.9. The number of carbonyl (C=O) groups excluding carboxylic acids is 2. The van der Waals surface area contributed by atoms with Crippen molar-refractivity contribution < 1.29 is 22.4 Å². The van der Waals surface area contributed by atoms with E-state index in [0.29, 0.717) is 31.4 Å². The molecule has 1 aromatic heterocycles. The Bertz CT molecular complexity index is 1530. The third-order valence-corrected chi connectivity index (χ3v) is 10.8. The molecular weight excluding hydrogens is 513 g/mol. The van der Waals surface area contributed by atoms with Crippen LogP contribution < -0.4 is 10.9 Å². The van der Waals surface area contributed by atoms with Crippen molar-refractivity contribution >= 4 is 21.7 Å². The van der Waals surface area contributed by atoms with Crippen LogP contribution in [0.2, 0.25) is 0 Å². The molecule has 1 aromatic carbocycles. The van der Waals surface area contributed by atoms with Crippen LogP contribution in [0.5, 0.6) is 0 Å². The molecule has 2 fully saturated rings. The van der Waals surface area contributed by atoms with Gasteiger partial charge in [-0.3, -0.25) is 14.4 Å². The number of nitrogens with one attached hydrogen (secondary N) is 1. The number of pyridine rings is 1. The normalized spacial score (nSPS) is 20.6. The van der Waals surface area contributed by atoms with Crippen molar-refractivity contribution in [2.75, 3.05) is 33.2 Å². The quantitative estimate of drug-likeness (QED) is 0.551. The van der Waals surface area contributed by atoms with E-state index in [1.165, 1.54) is 33.7 Å². The fourth-order valence-electron chi connectivity index (χ4n) is 5.35. The molecule has 12 heteroatoms. The zero-order chi connectivity index (χ0) is 27.2. The number of benzene rings is 1. The molecule has 1 N–H and O–H groups in total. The van der Waals surface area contributed by atoms with Gasteiger partial charge in [-0.2, -0.15) is 5.26 Å². The standard InChI is InChI=1S/C26H28FN5O5S/c1-30-9-6-19(15-30)38(36,37)26(7-8-26)16-31-10-11-32-22(25(31)35)5-4-20(24(32)34)23(33)29-14-17-2-3-18(13-28)21(27)12-17/h2-5,12,19H,6-11,14-16H2,1H3,(H,29,33). The SMILES string of the molecule is CN1CCC(S(=O)(=O)C2(CN3CCn4c(ccc(C(=O)NCc5ccc(C#N)c(F)c5)c4=O)C3=O)CC2)C1. The summed E-state index contributed by atoms with van der Waals surface area (Å²) in [6.07, 6.45) is 1.64. The molecular formula is C26H28FN5O5S. The predicted octanol–water partition coefficient (Wildman–Crippen LogP) is 0.896. The Kier molecular flexibility index (Phi) is 6.61. The van der Waals surface area contributed by atoms with E-state index in [9.17, 15) is 27.2 Å². The number of sulfone groups is 1. The van der Waals surface area contributed by atoms with Crippen LogP contribution in [-0.2, 0) is 22.9 Å². The lowest BCUT2D eigenvalue weighted by atomic mass is 10.1. The average molecular weight is 542 g/mol. The van der Waals surface area contributed by atoms with Crippen LogP contribution in [0.4, 0.5) is 4.39 Å². The Labute approximate surface area is 219 Å². The second-order valence-electron chi connectivity index (χ2n) is 10.3. The number of carbonyl (C=O) groups is 2. The molecule has 0 radical (unpaired) electrons. The van der Waals surface area contributed by atoms with Crippen molar-refractivity contribution in [2.45, 2.75) is 42.3 Å². The fraction of sp³-hybridized carbons (Fsp3) is 0.462. The van der Waals surface area contributed by atoms with Gasteiger partial charge >= 0.3 is 0 Å². The van der Waals surface area contributed by atoms with Gasteiger partial charge in [0.25, 0.3) is 17.4 Å². The van der Waals surface area contributed by atoms with Crippen LogP contribution in [0.3, 0.4) is 0 Å². The van der Waals surface area contributed by atoms with Crippen LogP contribution in [0.25, 0.3) is 0 Å². The highest BCUT2D eigenvalue weighted by atomic mass is 32.2. The van der Waals surface area contributed by atoms with Crippen molar-refractivity contribution in [1.82, 2.24) is 19.7 Å². The van der Waals surface area contributed by atoms with Crippen LogP contribution >= 0.6 is 0 Å². The van der Waals surface area contributed by atoms with Crippen molar-refractivity contribution in [3.63, 3.8) is 0 Å². The molecule has 38 heavy (non-hydrogen) atoms. The number of fused-ring (bicyclic) bond motifs is 1. The number of aromatic nitrogens is 1. The zero-order valence-corrected chi connectivity index (χ0v) is 21.8. The van der Waals surface area contributed by atoms with Gasteiger partial charge in [0.15, 0.2) is 9.84 Å². The molecule has 1 unspecified atom stereocenters. The third-order valence-electron chi connectivity index (χ3n) is 7.80. The summed E-state index contributed by atoms with van der Waals surface area (Å²) in [6, 6.07) is 8.37. The first-order valence-electron chi connectivity index (χ1n) is 12.5. The Balaban J connectivity index is 1.29. The maximum Gasteiger partial charge on any atom is 0.270 e. The second kappa shape index (κ2) is 9.63. The Morgan fingerprint density at radius 3 is 2.58 bits per heavy atom. The minimum Gasteiger partial charge on any atom is -0.348 e. The fourth-order valence-corrected chi connectivity index (χ4v) is 7.93. The molecule has 1 atom stereocenters. The van der Waals surface area contributed by atoms with E-state index in [-0.39, 0.29) is 43.0 Å². The summed E-state index contributed by atoms with van der Waals surface area (Å²) in [5, 5.41) is 11.0. The molecule has 200 valence electrons. The van der Waals surface area contributed by atoms with Gasteiger partial charge in [-0.1, -0.05) is 6.07 Å². The van der Waals surface area contributed by atoms with Gasteiger partial charge in [-0.25, -0.2) is 12.8 Å². The van der Waals surface area contributed by atoms with Crippen LogP contribution in [0, 0.1) is 17.1 Å². The molecule has 0 spiro atoms. The first-order chi connectivity index (χ1) is 18.1. The van der Waals surface area contributed by atoms with E-state index in [4.69, 9.17) is 5.26 Å². The van der Waals surface area contributed by atoms with Crippen molar-refractivity contribution in [1.29, 1.82) is 5.26 Å². The molecule has 2 aromatic rings. The number of halogens is 1. The topological polar surface area (TPSA) is 133 Å². The first kappa shape index (κ1) is 26.1. The molecule has 0 bridgehead atoms. The lowest BCUT2D eigenvalue weighted by Crippen LogP contribution is -2.51. The van der Waals surface area contributed by atoms with E-state index in [0.717, 1.165) is 12.6 Å². The number of hydrogen-bond acceptors (Lipinski definition) is 7. The smallest absolute Gasteiger partial charge is 0.270 e. The van der Waals surface area contributed by atoms with Crippen molar-refractivity contribution in [3.8, 4) is 6.07 Å². The number of hydrogen-bond donors (Lipinski definition) is 1. The second-order valence-corrected chi connectivity index (χ2v) is 12.9. The Hall–Kier alpha value is -3.56. The van der Waals surface area contributed by atoms with E-state index in [2.05, 4.69) is 5.32 Å². The minimum absolute atomic E-state index is 0.0529. The highest BCUT2D eigenvalue weighted by Crippen LogP contribution is 2.47. The van der Waals surface area contributed by atoms with Gasteiger partial charge in [-0.15, -0.1) is 0 Å². The Morgan fingerprint density at radius 1 is 1.18 bits per heavy atom. The maximum absolute atomic E-state index is 13.8. The van der Waals surface area contributed by atoms with Crippen molar-refractivity contribution in [3.05, 3.63) is 68.9 Å². The molecule has 1 aliphatic carbocycles. The van der Waals surface area contributed by atoms with Gasteiger partial charge in [-0.05, 0) is 62.7 Å². The van der Waals surface area contributed by atoms with Gasteiger partial charge in [0, 0.05) is 32.7 Å². The van der Waals surface area contributed by atoms with Crippen LogP contribution in [0.15, 0.2) is 35.1 Å². The number of amides is 2. The Morgan fingerprint density at radius 2 is 1.95 bits per heavy atom. The summed E-state index contributed by atoms with van der Waals surface area (Å²) in [5.41, 5.74) is -0.353. The van der Waals surface area contributed by atoms with E-state index in [1.807, 2.05) is 11.9 Å². The molecule has 5 rings (SSSR count).